The molecule has 8 heteroatoms. The Bertz CT molecular complexity index is 737. The molecule has 2 rings (SSSR count). The number of hydrogen-bond donors (Lipinski definition) is 1. The SMILES string of the molecule is O=C(Nc1ccc([N+](=O)[O-])cc1Br)c1cccc(Br)c1F. The van der Waals surface area contributed by atoms with Crippen LogP contribution in [0.2, 0.25) is 0 Å². The number of nitro benzene ring substituents is 1. The largest absolute Gasteiger partial charge is 0.321 e. The Labute approximate surface area is 135 Å². The first-order valence-electron chi connectivity index (χ1n) is 5.59. The molecule has 0 bridgehead atoms. The summed E-state index contributed by atoms with van der Waals surface area (Å²) in [4.78, 5) is 22.1. The maximum absolute atomic E-state index is 13.8. The smallest absolute Gasteiger partial charge is 0.270 e. The van der Waals surface area contributed by atoms with Crippen LogP contribution in [0.15, 0.2) is 45.3 Å². The van der Waals surface area contributed by atoms with Crippen LogP contribution in [0.4, 0.5) is 15.8 Å². The molecule has 0 saturated heterocycles. The van der Waals surface area contributed by atoms with Crippen molar-refractivity contribution in [1.82, 2.24) is 0 Å². The Morgan fingerprint density at radius 3 is 2.52 bits per heavy atom. The molecular formula is C13H7Br2FN2O3. The zero-order chi connectivity index (χ0) is 15.6. The lowest BCUT2D eigenvalue weighted by Gasteiger charge is -2.08. The first-order chi connectivity index (χ1) is 9.90. The highest BCUT2D eigenvalue weighted by Gasteiger charge is 2.16. The highest BCUT2D eigenvalue weighted by atomic mass is 79.9. The maximum Gasteiger partial charge on any atom is 0.270 e. The van der Waals surface area contributed by atoms with Gasteiger partial charge in [0.05, 0.1) is 20.6 Å². The van der Waals surface area contributed by atoms with Gasteiger partial charge in [0.1, 0.15) is 5.82 Å². The highest BCUT2D eigenvalue weighted by molar-refractivity contribution is 9.10. The van der Waals surface area contributed by atoms with Crippen molar-refractivity contribution in [2.75, 3.05) is 5.32 Å². The van der Waals surface area contributed by atoms with Gasteiger partial charge in [0.2, 0.25) is 0 Å². The summed E-state index contributed by atoms with van der Waals surface area (Å²) in [5.41, 5.74) is 0.0631. The minimum Gasteiger partial charge on any atom is -0.321 e. The fourth-order valence-electron chi connectivity index (χ4n) is 1.59. The van der Waals surface area contributed by atoms with Crippen LogP contribution in [0, 0.1) is 15.9 Å². The third-order valence-electron chi connectivity index (χ3n) is 2.61. The zero-order valence-corrected chi connectivity index (χ0v) is 13.4. The van der Waals surface area contributed by atoms with Gasteiger partial charge in [-0.05, 0) is 50.1 Å². The van der Waals surface area contributed by atoms with Crippen molar-refractivity contribution >= 4 is 49.1 Å². The summed E-state index contributed by atoms with van der Waals surface area (Å²) in [5, 5.41) is 13.1. The van der Waals surface area contributed by atoms with Gasteiger partial charge < -0.3 is 5.32 Å². The van der Waals surface area contributed by atoms with Crippen molar-refractivity contribution in [3.8, 4) is 0 Å². The number of carbonyl (C=O) groups excluding carboxylic acids is 1. The number of non-ortho nitro benzene ring substituents is 1. The normalized spacial score (nSPS) is 10.2. The van der Waals surface area contributed by atoms with Crippen molar-refractivity contribution in [3.63, 3.8) is 0 Å². The fraction of sp³-hybridized carbons (Fsp3) is 0. The van der Waals surface area contributed by atoms with Crippen LogP contribution in [0.25, 0.3) is 0 Å². The molecule has 0 unspecified atom stereocenters. The number of hydrogen-bond acceptors (Lipinski definition) is 3. The molecule has 1 amide bonds. The number of rotatable bonds is 3. The zero-order valence-electron chi connectivity index (χ0n) is 10.3. The Kier molecular flexibility index (Phi) is 4.69. The molecule has 2 aromatic rings. The van der Waals surface area contributed by atoms with Crippen LogP contribution >= 0.6 is 31.9 Å². The standard InChI is InChI=1S/C13H7Br2FN2O3/c14-9-3-1-2-8(12(9)16)13(19)17-11-5-4-7(18(20)21)6-10(11)15/h1-6H,(H,17,19). The van der Waals surface area contributed by atoms with Gasteiger partial charge >= 0.3 is 0 Å². The molecule has 0 aliphatic rings. The van der Waals surface area contributed by atoms with E-state index in [1.54, 1.807) is 0 Å². The summed E-state index contributed by atoms with van der Waals surface area (Å²) in [6.45, 7) is 0. The van der Waals surface area contributed by atoms with Crippen molar-refractivity contribution in [2.24, 2.45) is 0 Å². The summed E-state index contributed by atoms with van der Waals surface area (Å²) >= 11 is 6.13. The summed E-state index contributed by atoms with van der Waals surface area (Å²) in [5.74, 6) is -1.32. The predicted molar refractivity (Wildman–Crippen MR) is 82.8 cm³/mol. The van der Waals surface area contributed by atoms with E-state index in [4.69, 9.17) is 0 Å². The minimum atomic E-state index is -0.673. The van der Waals surface area contributed by atoms with E-state index in [9.17, 15) is 19.3 Å². The summed E-state index contributed by atoms with van der Waals surface area (Å²) in [6, 6.07) is 8.23. The fourth-order valence-corrected chi connectivity index (χ4v) is 2.42. The first kappa shape index (κ1) is 15.6. The molecule has 2 aromatic carbocycles. The number of carbonyl (C=O) groups is 1. The van der Waals surface area contributed by atoms with Gasteiger partial charge in [0.25, 0.3) is 11.6 Å². The third-order valence-corrected chi connectivity index (χ3v) is 3.88. The molecule has 1 N–H and O–H groups in total. The Morgan fingerprint density at radius 1 is 1.19 bits per heavy atom. The summed E-state index contributed by atoms with van der Waals surface area (Å²) < 4.78 is 14.3. The molecule has 0 aliphatic heterocycles. The molecule has 21 heavy (non-hydrogen) atoms. The van der Waals surface area contributed by atoms with Crippen molar-refractivity contribution < 1.29 is 14.1 Å². The number of nitrogens with zero attached hydrogens (tertiary/aromatic N) is 1. The van der Waals surface area contributed by atoms with Crippen LogP contribution < -0.4 is 5.32 Å². The topological polar surface area (TPSA) is 72.2 Å². The molecule has 0 heterocycles. The average molecular weight is 418 g/mol. The van der Waals surface area contributed by atoms with Gasteiger partial charge in [-0.3, -0.25) is 14.9 Å². The quantitative estimate of drug-likeness (QED) is 0.589. The van der Waals surface area contributed by atoms with Crippen LogP contribution in [0.1, 0.15) is 10.4 Å². The van der Waals surface area contributed by atoms with Crippen LogP contribution in [0.5, 0.6) is 0 Å². The van der Waals surface area contributed by atoms with Gasteiger partial charge in [-0.2, -0.15) is 0 Å². The molecule has 0 saturated carbocycles. The van der Waals surface area contributed by atoms with E-state index in [1.165, 1.54) is 36.4 Å². The summed E-state index contributed by atoms with van der Waals surface area (Å²) in [6.07, 6.45) is 0. The van der Waals surface area contributed by atoms with E-state index < -0.39 is 16.6 Å². The Balaban J connectivity index is 2.28. The second-order valence-electron chi connectivity index (χ2n) is 3.98. The van der Waals surface area contributed by atoms with Gasteiger partial charge in [-0.1, -0.05) is 6.07 Å². The Hall–Kier alpha value is -1.80. The number of benzene rings is 2. The van der Waals surface area contributed by atoms with Crippen LogP contribution in [0.3, 0.4) is 0 Å². The van der Waals surface area contributed by atoms with Crippen molar-refractivity contribution in [2.45, 2.75) is 0 Å². The van der Waals surface area contributed by atoms with Crippen molar-refractivity contribution in [3.05, 3.63) is 66.8 Å². The second-order valence-corrected chi connectivity index (χ2v) is 5.69. The molecule has 0 atom stereocenters. The molecule has 0 aliphatic carbocycles. The molecular weight excluding hydrogens is 411 g/mol. The van der Waals surface area contributed by atoms with Crippen LogP contribution in [-0.4, -0.2) is 10.8 Å². The number of nitro groups is 1. The van der Waals surface area contributed by atoms with E-state index in [-0.39, 0.29) is 15.7 Å². The lowest BCUT2D eigenvalue weighted by Crippen LogP contribution is -2.14. The number of amides is 1. The molecule has 108 valence electrons. The van der Waals surface area contributed by atoms with E-state index in [0.717, 1.165) is 0 Å². The van der Waals surface area contributed by atoms with Crippen LogP contribution in [-0.2, 0) is 0 Å². The number of anilines is 1. The maximum atomic E-state index is 13.8. The minimum absolute atomic E-state index is 0.117. The van der Waals surface area contributed by atoms with E-state index in [0.29, 0.717) is 10.2 Å². The second kappa shape index (κ2) is 6.31. The van der Waals surface area contributed by atoms with Gasteiger partial charge in [0, 0.05) is 16.6 Å². The number of nitrogens with one attached hydrogen (secondary N) is 1. The average Bonchev–Trinajstić information content (AvgIpc) is 2.43. The predicted octanol–water partition coefficient (Wildman–Crippen LogP) is 4.51. The first-order valence-corrected chi connectivity index (χ1v) is 7.18. The molecule has 0 radical (unpaired) electrons. The van der Waals surface area contributed by atoms with E-state index in [2.05, 4.69) is 37.2 Å². The Morgan fingerprint density at radius 2 is 1.90 bits per heavy atom. The monoisotopic (exact) mass is 416 g/mol. The molecule has 0 aromatic heterocycles. The van der Waals surface area contributed by atoms with E-state index >= 15 is 0 Å². The number of halogens is 3. The highest BCUT2D eigenvalue weighted by Crippen LogP contribution is 2.28. The lowest BCUT2D eigenvalue weighted by molar-refractivity contribution is -0.384. The van der Waals surface area contributed by atoms with Gasteiger partial charge in [0.15, 0.2) is 0 Å². The third kappa shape index (κ3) is 3.45. The lowest BCUT2D eigenvalue weighted by atomic mass is 10.2. The summed E-state index contributed by atoms with van der Waals surface area (Å²) in [7, 11) is 0. The molecule has 0 spiro atoms. The molecule has 0 fully saturated rings. The van der Waals surface area contributed by atoms with Gasteiger partial charge in [-0.25, -0.2) is 4.39 Å². The van der Waals surface area contributed by atoms with Crippen molar-refractivity contribution in [1.29, 1.82) is 0 Å². The molecule has 5 nitrogen and oxygen atoms in total. The van der Waals surface area contributed by atoms with Gasteiger partial charge in [-0.15, -0.1) is 0 Å². The van der Waals surface area contributed by atoms with E-state index in [1.807, 2.05) is 0 Å².